The van der Waals surface area contributed by atoms with Crippen LogP contribution in [0.1, 0.15) is 36.9 Å². The van der Waals surface area contributed by atoms with Crippen LogP contribution in [0.4, 0.5) is 5.69 Å². The third-order valence-corrected chi connectivity index (χ3v) is 6.77. The number of piperidine rings is 1. The summed E-state index contributed by atoms with van der Waals surface area (Å²) in [6.07, 6.45) is 5.08. The highest BCUT2D eigenvalue weighted by molar-refractivity contribution is 5.93. The lowest BCUT2D eigenvalue weighted by Gasteiger charge is -2.25. The van der Waals surface area contributed by atoms with Crippen molar-refractivity contribution in [3.05, 3.63) is 82.9 Å². The Bertz CT molecular complexity index is 1330. The number of pyridine rings is 2. The van der Waals surface area contributed by atoms with Crippen LogP contribution in [-0.2, 0) is 0 Å². The van der Waals surface area contributed by atoms with Gasteiger partial charge in [-0.15, -0.1) is 12.4 Å². The van der Waals surface area contributed by atoms with E-state index in [1.807, 2.05) is 41.1 Å². The summed E-state index contributed by atoms with van der Waals surface area (Å²) in [6, 6.07) is 21.2. The molecule has 2 unspecified atom stereocenters. The molecule has 2 N–H and O–H groups in total. The summed E-state index contributed by atoms with van der Waals surface area (Å²) in [5.41, 5.74) is 3.16. The van der Waals surface area contributed by atoms with E-state index in [-0.39, 0.29) is 24.0 Å². The first-order chi connectivity index (χ1) is 15.3. The number of aromatic nitrogens is 2. The van der Waals surface area contributed by atoms with Crippen LogP contribution >= 0.6 is 12.4 Å². The smallest absolute Gasteiger partial charge is 0.260 e. The number of halogens is 1. The maximum Gasteiger partial charge on any atom is 0.260 e. The number of para-hydroxylation sites is 1. The summed E-state index contributed by atoms with van der Waals surface area (Å²) in [5.74, 6) is 0.296. The van der Waals surface area contributed by atoms with Crippen LogP contribution < -0.4 is 16.2 Å². The first-order valence-corrected chi connectivity index (χ1v) is 11.2. The number of hydrogen-bond donors (Lipinski definition) is 2. The Balaban J connectivity index is 0.00000216. The average molecular weight is 447 g/mol. The molecular formula is C26H27ClN4O. The molecule has 0 radical (unpaired) electrons. The highest BCUT2D eigenvalue weighted by atomic mass is 35.5. The standard InChI is InChI=1S/C26H26N4O.ClH/c31-26-25-18(5-3-7-23(25)28-19-10-13-27-14-11-19)12-15-30(26)24-16-20(24)22-9-8-17-4-1-2-6-21(17)29-22;/h1-9,12,15,19-20,24,27-28H,10-11,13-14,16H2;1H. The van der Waals surface area contributed by atoms with Crippen LogP contribution in [0.15, 0.2) is 71.7 Å². The van der Waals surface area contributed by atoms with Crippen molar-refractivity contribution in [1.29, 1.82) is 0 Å². The fraction of sp³-hybridized carbons (Fsp3) is 0.308. The predicted molar refractivity (Wildman–Crippen MR) is 133 cm³/mol. The molecule has 2 aromatic carbocycles. The van der Waals surface area contributed by atoms with Crippen LogP contribution in [0, 0.1) is 0 Å². The summed E-state index contributed by atoms with van der Waals surface area (Å²) < 4.78 is 1.93. The fourth-order valence-corrected chi connectivity index (χ4v) is 4.97. The van der Waals surface area contributed by atoms with Gasteiger partial charge in [-0.2, -0.15) is 0 Å². The molecule has 0 amide bonds. The summed E-state index contributed by atoms with van der Waals surface area (Å²) in [4.78, 5) is 18.4. The van der Waals surface area contributed by atoms with E-state index in [1.165, 1.54) is 0 Å². The molecule has 0 bridgehead atoms. The molecular weight excluding hydrogens is 420 g/mol. The van der Waals surface area contributed by atoms with Crippen LogP contribution in [0.5, 0.6) is 0 Å². The van der Waals surface area contributed by atoms with Gasteiger partial charge in [0, 0.05) is 41.0 Å². The topological polar surface area (TPSA) is 59.0 Å². The van der Waals surface area contributed by atoms with E-state index in [0.717, 1.165) is 65.4 Å². The van der Waals surface area contributed by atoms with Crippen molar-refractivity contribution in [3.63, 3.8) is 0 Å². The molecule has 5 nitrogen and oxygen atoms in total. The highest BCUT2D eigenvalue weighted by Gasteiger charge is 2.41. The van der Waals surface area contributed by atoms with E-state index in [1.54, 1.807) is 0 Å². The lowest BCUT2D eigenvalue weighted by Crippen LogP contribution is -2.35. The minimum atomic E-state index is 0. The van der Waals surface area contributed by atoms with Gasteiger partial charge in [0.2, 0.25) is 0 Å². The van der Waals surface area contributed by atoms with Crippen molar-refractivity contribution in [2.75, 3.05) is 18.4 Å². The number of nitrogens with zero attached hydrogens (tertiary/aromatic N) is 2. The van der Waals surface area contributed by atoms with Gasteiger partial charge in [0.1, 0.15) is 0 Å². The normalized spacial score (nSPS) is 20.8. The third-order valence-electron chi connectivity index (χ3n) is 6.77. The molecule has 2 aliphatic rings. The van der Waals surface area contributed by atoms with E-state index < -0.39 is 0 Å². The van der Waals surface area contributed by atoms with Crippen LogP contribution in [-0.4, -0.2) is 28.7 Å². The van der Waals surface area contributed by atoms with E-state index >= 15 is 0 Å². The number of anilines is 1. The summed E-state index contributed by atoms with van der Waals surface area (Å²) >= 11 is 0. The number of nitrogens with one attached hydrogen (secondary N) is 2. The molecule has 4 aromatic rings. The zero-order valence-electron chi connectivity index (χ0n) is 17.8. The highest BCUT2D eigenvalue weighted by Crippen LogP contribution is 2.50. The Labute approximate surface area is 193 Å². The lowest BCUT2D eigenvalue weighted by molar-refractivity contribution is 0.479. The van der Waals surface area contributed by atoms with E-state index in [2.05, 4.69) is 41.0 Å². The third kappa shape index (κ3) is 3.76. The molecule has 2 aromatic heterocycles. The first-order valence-electron chi connectivity index (χ1n) is 11.2. The van der Waals surface area contributed by atoms with Gasteiger partial charge >= 0.3 is 0 Å². The SMILES string of the molecule is Cl.O=c1c2c(NC3CCNCC3)cccc2ccn1C1CC1c1ccc2ccccc2n1. The molecule has 1 saturated carbocycles. The maximum atomic E-state index is 13.6. The molecule has 1 aliphatic heterocycles. The molecule has 1 aliphatic carbocycles. The first kappa shape index (κ1) is 21.0. The Morgan fingerprint density at radius 3 is 2.62 bits per heavy atom. The molecule has 32 heavy (non-hydrogen) atoms. The second kappa shape index (κ2) is 8.57. The summed E-state index contributed by atoms with van der Waals surface area (Å²) in [5, 5.41) is 10.0. The number of hydrogen-bond acceptors (Lipinski definition) is 4. The molecule has 6 heteroatoms. The number of benzene rings is 2. The van der Waals surface area contributed by atoms with E-state index in [0.29, 0.717) is 12.0 Å². The van der Waals surface area contributed by atoms with Crippen molar-refractivity contribution in [1.82, 2.24) is 14.9 Å². The van der Waals surface area contributed by atoms with E-state index in [4.69, 9.17) is 4.98 Å². The van der Waals surface area contributed by atoms with Crippen molar-refractivity contribution in [2.24, 2.45) is 0 Å². The molecule has 6 rings (SSSR count). The Morgan fingerprint density at radius 2 is 1.75 bits per heavy atom. The van der Waals surface area contributed by atoms with Gasteiger partial charge in [-0.05, 0) is 62.0 Å². The molecule has 2 fully saturated rings. The largest absolute Gasteiger partial charge is 0.382 e. The van der Waals surface area contributed by atoms with Crippen LogP contribution in [0.3, 0.4) is 0 Å². The zero-order valence-corrected chi connectivity index (χ0v) is 18.6. The van der Waals surface area contributed by atoms with E-state index in [9.17, 15) is 4.79 Å². The zero-order chi connectivity index (χ0) is 20.8. The average Bonchev–Trinajstić information content (AvgIpc) is 3.60. The van der Waals surface area contributed by atoms with Crippen molar-refractivity contribution in [3.8, 4) is 0 Å². The minimum Gasteiger partial charge on any atom is -0.382 e. The van der Waals surface area contributed by atoms with Crippen LogP contribution in [0.25, 0.3) is 21.7 Å². The Morgan fingerprint density at radius 1 is 0.938 bits per heavy atom. The van der Waals surface area contributed by atoms with Gasteiger partial charge in [-0.1, -0.05) is 36.4 Å². The molecule has 1 saturated heterocycles. The minimum absolute atomic E-state index is 0. The maximum absolute atomic E-state index is 13.6. The fourth-order valence-electron chi connectivity index (χ4n) is 4.97. The summed E-state index contributed by atoms with van der Waals surface area (Å²) in [6.45, 7) is 2.05. The van der Waals surface area contributed by atoms with Gasteiger partial charge in [0.25, 0.3) is 5.56 Å². The lowest BCUT2D eigenvalue weighted by atomic mass is 10.0. The molecule has 2 atom stereocenters. The number of rotatable bonds is 4. The second-order valence-corrected chi connectivity index (χ2v) is 8.80. The predicted octanol–water partition coefficient (Wildman–Crippen LogP) is 4.86. The van der Waals surface area contributed by atoms with Gasteiger partial charge < -0.3 is 15.2 Å². The van der Waals surface area contributed by atoms with Crippen LogP contribution in [0.2, 0.25) is 0 Å². The van der Waals surface area contributed by atoms with Crippen molar-refractivity contribution in [2.45, 2.75) is 37.3 Å². The molecule has 3 heterocycles. The van der Waals surface area contributed by atoms with Crippen molar-refractivity contribution >= 4 is 39.8 Å². The van der Waals surface area contributed by atoms with Gasteiger partial charge in [0.05, 0.1) is 10.9 Å². The molecule has 0 spiro atoms. The Hall–Kier alpha value is -2.89. The van der Waals surface area contributed by atoms with Gasteiger partial charge in [0.15, 0.2) is 0 Å². The van der Waals surface area contributed by atoms with Gasteiger partial charge in [-0.25, -0.2) is 0 Å². The number of fused-ring (bicyclic) bond motifs is 2. The quantitative estimate of drug-likeness (QED) is 0.469. The van der Waals surface area contributed by atoms with Crippen molar-refractivity contribution < 1.29 is 0 Å². The van der Waals surface area contributed by atoms with Gasteiger partial charge in [-0.3, -0.25) is 9.78 Å². The monoisotopic (exact) mass is 446 g/mol. The Kier molecular flexibility index (Phi) is 5.62. The second-order valence-electron chi connectivity index (χ2n) is 8.80. The molecule has 164 valence electrons. The summed E-state index contributed by atoms with van der Waals surface area (Å²) in [7, 11) is 0.